The lowest BCUT2D eigenvalue weighted by Crippen LogP contribution is -2.25. The Morgan fingerprint density at radius 1 is 1.12 bits per heavy atom. The SMILES string of the molecule is O=C1C[C@H](c2ccc3c(c2)OCO3)c2c(c(C(=O)O)cn2-c2cccc(C(F)(F)F)c2)N1. The number of ether oxygens (including phenoxy) is 2. The standard InChI is InChI=1S/C22H15F3N2O5/c23-22(24,25)12-2-1-3-13(7-12)27-9-15(21(29)30)19-20(27)14(8-18(28)26-19)11-4-5-16-17(6-11)32-10-31-16/h1-7,9,14H,8,10H2,(H,26,28)(H,29,30)/t14-/m1/s1. The minimum atomic E-state index is -4.57. The van der Waals surface area contributed by atoms with Gasteiger partial charge in [0.05, 0.1) is 16.9 Å². The molecule has 0 radical (unpaired) electrons. The fourth-order valence-electron chi connectivity index (χ4n) is 4.08. The summed E-state index contributed by atoms with van der Waals surface area (Å²) in [6, 6.07) is 9.69. The van der Waals surface area contributed by atoms with Gasteiger partial charge in [-0.1, -0.05) is 12.1 Å². The van der Waals surface area contributed by atoms with Crippen LogP contribution in [0.2, 0.25) is 0 Å². The third kappa shape index (κ3) is 3.24. The van der Waals surface area contributed by atoms with Crippen LogP contribution in [0.25, 0.3) is 5.69 Å². The maximum Gasteiger partial charge on any atom is 0.416 e. The molecule has 10 heteroatoms. The summed E-state index contributed by atoms with van der Waals surface area (Å²) in [6.45, 7) is 0.0545. The Morgan fingerprint density at radius 2 is 1.91 bits per heavy atom. The normalized spacial score (nSPS) is 17.1. The zero-order valence-electron chi connectivity index (χ0n) is 16.3. The quantitative estimate of drug-likeness (QED) is 0.625. The van der Waals surface area contributed by atoms with E-state index in [4.69, 9.17) is 9.47 Å². The molecule has 32 heavy (non-hydrogen) atoms. The molecule has 0 spiro atoms. The van der Waals surface area contributed by atoms with Crippen molar-refractivity contribution in [2.75, 3.05) is 12.1 Å². The molecule has 1 aromatic heterocycles. The second kappa shape index (κ2) is 7.04. The highest BCUT2D eigenvalue weighted by Crippen LogP contribution is 2.44. The van der Waals surface area contributed by atoms with Gasteiger partial charge in [-0.25, -0.2) is 4.79 Å². The van der Waals surface area contributed by atoms with E-state index in [1.165, 1.54) is 22.9 Å². The lowest BCUT2D eigenvalue weighted by Gasteiger charge is -2.26. The fraction of sp³-hybridized carbons (Fsp3) is 0.182. The summed E-state index contributed by atoms with van der Waals surface area (Å²) >= 11 is 0. The summed E-state index contributed by atoms with van der Waals surface area (Å²) in [5.74, 6) is -1.31. The number of benzene rings is 2. The van der Waals surface area contributed by atoms with E-state index in [9.17, 15) is 27.9 Å². The molecule has 3 heterocycles. The molecule has 3 aromatic rings. The smallest absolute Gasteiger partial charge is 0.416 e. The Morgan fingerprint density at radius 3 is 2.66 bits per heavy atom. The largest absolute Gasteiger partial charge is 0.478 e. The minimum Gasteiger partial charge on any atom is -0.478 e. The van der Waals surface area contributed by atoms with Crippen LogP contribution in [0.5, 0.6) is 11.5 Å². The van der Waals surface area contributed by atoms with Crippen molar-refractivity contribution >= 4 is 17.6 Å². The molecule has 1 atom stereocenters. The molecule has 5 rings (SSSR count). The number of anilines is 1. The number of carbonyl (C=O) groups excluding carboxylic acids is 1. The number of fused-ring (bicyclic) bond motifs is 2. The van der Waals surface area contributed by atoms with Gasteiger partial charge < -0.3 is 24.5 Å². The molecule has 2 aliphatic heterocycles. The molecule has 0 bridgehead atoms. The number of hydrogen-bond donors (Lipinski definition) is 2. The van der Waals surface area contributed by atoms with Crippen LogP contribution in [0.3, 0.4) is 0 Å². The summed E-state index contributed by atoms with van der Waals surface area (Å²) in [5, 5.41) is 12.3. The molecule has 0 saturated heterocycles. The molecule has 0 aliphatic carbocycles. The number of rotatable bonds is 3. The zero-order valence-corrected chi connectivity index (χ0v) is 16.3. The second-order valence-corrected chi connectivity index (χ2v) is 7.44. The summed E-state index contributed by atoms with van der Waals surface area (Å²) in [5.41, 5.74) is 0.137. The van der Waals surface area contributed by atoms with Crippen LogP contribution in [0.1, 0.15) is 39.5 Å². The van der Waals surface area contributed by atoms with E-state index in [0.29, 0.717) is 22.8 Å². The number of amides is 1. The topological polar surface area (TPSA) is 89.8 Å². The number of nitrogens with one attached hydrogen (secondary N) is 1. The molecule has 2 aromatic carbocycles. The summed E-state index contributed by atoms with van der Waals surface area (Å²) in [7, 11) is 0. The number of carboxylic acid groups (broad SMARTS) is 1. The van der Waals surface area contributed by atoms with Gasteiger partial charge in [0.15, 0.2) is 11.5 Å². The lowest BCUT2D eigenvalue weighted by atomic mass is 9.88. The molecule has 1 amide bonds. The maximum absolute atomic E-state index is 13.3. The van der Waals surface area contributed by atoms with Gasteiger partial charge in [0.25, 0.3) is 0 Å². The van der Waals surface area contributed by atoms with E-state index >= 15 is 0 Å². The fourth-order valence-corrected chi connectivity index (χ4v) is 4.08. The highest BCUT2D eigenvalue weighted by molar-refractivity contribution is 6.04. The molecular weight excluding hydrogens is 429 g/mol. The van der Waals surface area contributed by atoms with Crippen molar-refractivity contribution in [3.05, 3.63) is 71.0 Å². The van der Waals surface area contributed by atoms with E-state index < -0.39 is 29.5 Å². The van der Waals surface area contributed by atoms with Crippen molar-refractivity contribution in [3.63, 3.8) is 0 Å². The number of carbonyl (C=O) groups is 2. The molecule has 2 N–H and O–H groups in total. The van der Waals surface area contributed by atoms with E-state index in [1.807, 2.05) is 0 Å². The second-order valence-electron chi connectivity index (χ2n) is 7.44. The van der Waals surface area contributed by atoms with Gasteiger partial charge >= 0.3 is 12.1 Å². The van der Waals surface area contributed by atoms with Crippen molar-refractivity contribution < 1.29 is 37.3 Å². The highest BCUT2D eigenvalue weighted by Gasteiger charge is 2.36. The van der Waals surface area contributed by atoms with Gasteiger partial charge in [-0.2, -0.15) is 13.2 Å². The van der Waals surface area contributed by atoms with Crippen LogP contribution in [-0.2, 0) is 11.0 Å². The number of hydrogen-bond acceptors (Lipinski definition) is 4. The Balaban J connectivity index is 1.72. The van der Waals surface area contributed by atoms with E-state index in [0.717, 1.165) is 12.1 Å². The van der Waals surface area contributed by atoms with E-state index in [-0.39, 0.29) is 30.2 Å². The van der Waals surface area contributed by atoms with Crippen molar-refractivity contribution in [2.24, 2.45) is 0 Å². The van der Waals surface area contributed by atoms with Crippen LogP contribution in [-0.4, -0.2) is 28.3 Å². The number of halogens is 3. The number of nitrogens with zero attached hydrogens (tertiary/aromatic N) is 1. The van der Waals surface area contributed by atoms with Gasteiger partial charge in [-0.05, 0) is 35.9 Å². The maximum atomic E-state index is 13.3. The number of aromatic nitrogens is 1. The van der Waals surface area contributed by atoms with Crippen LogP contribution >= 0.6 is 0 Å². The Bertz CT molecular complexity index is 1260. The first kappa shape index (κ1) is 20.0. The van der Waals surface area contributed by atoms with Crippen LogP contribution in [0.15, 0.2) is 48.7 Å². The molecule has 0 fully saturated rings. The first-order valence-corrected chi connectivity index (χ1v) is 9.58. The number of carboxylic acids is 1. The van der Waals surface area contributed by atoms with Crippen molar-refractivity contribution in [1.29, 1.82) is 0 Å². The molecular formula is C22H15F3N2O5. The minimum absolute atomic E-state index is 0.0192. The Kier molecular flexibility index (Phi) is 4.40. The third-order valence-electron chi connectivity index (χ3n) is 5.51. The summed E-state index contributed by atoms with van der Waals surface area (Å²) in [4.78, 5) is 24.3. The van der Waals surface area contributed by atoms with Crippen molar-refractivity contribution in [3.8, 4) is 17.2 Å². The van der Waals surface area contributed by atoms with E-state index in [1.54, 1.807) is 18.2 Å². The van der Waals surface area contributed by atoms with E-state index in [2.05, 4.69) is 5.32 Å². The first-order valence-electron chi connectivity index (χ1n) is 9.58. The van der Waals surface area contributed by atoms with Gasteiger partial charge in [-0.3, -0.25) is 4.79 Å². The molecule has 0 unspecified atom stereocenters. The highest BCUT2D eigenvalue weighted by atomic mass is 19.4. The number of aromatic carboxylic acids is 1. The van der Waals surface area contributed by atoms with Crippen molar-refractivity contribution in [2.45, 2.75) is 18.5 Å². The first-order chi connectivity index (χ1) is 15.2. The third-order valence-corrected chi connectivity index (χ3v) is 5.51. The van der Waals surface area contributed by atoms with Gasteiger partial charge in [0, 0.05) is 24.2 Å². The Hall–Kier alpha value is -3.95. The lowest BCUT2D eigenvalue weighted by molar-refractivity contribution is -0.137. The average Bonchev–Trinajstić information content (AvgIpc) is 3.36. The molecule has 7 nitrogen and oxygen atoms in total. The predicted molar refractivity (Wildman–Crippen MR) is 105 cm³/mol. The average molecular weight is 444 g/mol. The molecule has 2 aliphatic rings. The number of alkyl halides is 3. The van der Waals surface area contributed by atoms with Gasteiger partial charge in [0.2, 0.25) is 12.7 Å². The van der Waals surface area contributed by atoms with Crippen LogP contribution in [0, 0.1) is 0 Å². The molecule has 164 valence electrons. The monoisotopic (exact) mass is 444 g/mol. The van der Waals surface area contributed by atoms with Gasteiger partial charge in [-0.15, -0.1) is 0 Å². The summed E-state index contributed by atoms with van der Waals surface area (Å²) < 4.78 is 52.0. The summed E-state index contributed by atoms with van der Waals surface area (Å²) in [6.07, 6.45) is -3.35. The molecule has 0 saturated carbocycles. The van der Waals surface area contributed by atoms with Crippen LogP contribution < -0.4 is 14.8 Å². The van der Waals surface area contributed by atoms with Gasteiger partial charge in [0.1, 0.15) is 5.56 Å². The van der Waals surface area contributed by atoms with Crippen LogP contribution in [0.4, 0.5) is 18.9 Å². The Labute approximate surface area is 179 Å². The predicted octanol–water partition coefficient (Wildman–Crippen LogP) is 4.40. The zero-order chi connectivity index (χ0) is 22.6. The van der Waals surface area contributed by atoms with Crippen molar-refractivity contribution in [1.82, 2.24) is 4.57 Å².